The summed E-state index contributed by atoms with van der Waals surface area (Å²) in [5, 5.41) is 3.85. The fourth-order valence-corrected chi connectivity index (χ4v) is 3.87. The average Bonchev–Trinajstić information content (AvgIpc) is 3.01. The Bertz CT molecular complexity index is 420. The van der Waals surface area contributed by atoms with E-state index in [0.29, 0.717) is 6.04 Å². The Morgan fingerprint density at radius 2 is 1.81 bits per heavy atom. The fraction of sp³-hybridized carbons (Fsp3) is 0.684. The predicted molar refractivity (Wildman–Crippen MR) is 89.4 cm³/mol. The van der Waals surface area contributed by atoms with Crippen molar-refractivity contribution >= 4 is 0 Å². The lowest BCUT2D eigenvalue weighted by Crippen LogP contribution is -2.46. The summed E-state index contributed by atoms with van der Waals surface area (Å²) >= 11 is 0. The molecule has 1 saturated carbocycles. The minimum Gasteiger partial charge on any atom is -0.312 e. The van der Waals surface area contributed by atoms with Gasteiger partial charge in [-0.15, -0.1) is 0 Å². The van der Waals surface area contributed by atoms with Crippen molar-refractivity contribution in [3.8, 4) is 0 Å². The highest BCUT2D eigenvalue weighted by molar-refractivity contribution is 5.21. The third-order valence-corrected chi connectivity index (χ3v) is 5.20. The average molecular weight is 286 g/mol. The first-order valence-corrected chi connectivity index (χ1v) is 8.81. The first-order chi connectivity index (χ1) is 10.3. The molecule has 1 aliphatic carbocycles. The number of nitrogens with one attached hydrogen (secondary N) is 1. The Labute approximate surface area is 129 Å². The van der Waals surface area contributed by atoms with E-state index in [2.05, 4.69) is 41.4 Å². The molecule has 1 N–H and O–H groups in total. The number of nitrogens with zero attached hydrogens (tertiary/aromatic N) is 1. The van der Waals surface area contributed by atoms with E-state index in [1.807, 2.05) is 0 Å². The lowest BCUT2D eigenvalue weighted by molar-refractivity contribution is 0.180. The molecular formula is C19H30N2. The minimum absolute atomic E-state index is 0.713. The molecule has 3 rings (SSSR count). The Balaban J connectivity index is 1.45. The maximum absolute atomic E-state index is 3.85. The van der Waals surface area contributed by atoms with Gasteiger partial charge in [0.15, 0.2) is 0 Å². The lowest BCUT2D eigenvalue weighted by Gasteiger charge is -2.34. The van der Waals surface area contributed by atoms with Crippen LogP contribution in [0.1, 0.15) is 49.7 Å². The molecule has 0 amide bonds. The van der Waals surface area contributed by atoms with Crippen LogP contribution in [0.15, 0.2) is 24.3 Å². The normalized spacial score (nSPS) is 24.5. The highest BCUT2D eigenvalue weighted by Crippen LogP contribution is 2.24. The summed E-state index contributed by atoms with van der Waals surface area (Å²) in [5.41, 5.74) is 2.81. The number of likely N-dealkylation sites (tertiary alicyclic amines) is 1. The van der Waals surface area contributed by atoms with Crippen molar-refractivity contribution in [2.75, 3.05) is 19.6 Å². The minimum atomic E-state index is 0.713. The van der Waals surface area contributed by atoms with Crippen LogP contribution in [0.2, 0.25) is 0 Å². The number of hydrogen-bond acceptors (Lipinski definition) is 2. The number of rotatable bonds is 5. The number of hydrogen-bond donors (Lipinski definition) is 1. The van der Waals surface area contributed by atoms with E-state index in [1.165, 1.54) is 69.3 Å². The molecule has 0 spiro atoms. The quantitative estimate of drug-likeness (QED) is 0.887. The highest BCUT2D eigenvalue weighted by Gasteiger charge is 2.21. The van der Waals surface area contributed by atoms with Crippen LogP contribution in [0, 0.1) is 12.8 Å². The first-order valence-electron chi connectivity index (χ1n) is 8.81. The molecule has 1 unspecified atom stereocenters. The second-order valence-corrected chi connectivity index (χ2v) is 7.12. The van der Waals surface area contributed by atoms with Crippen molar-refractivity contribution in [2.24, 2.45) is 5.92 Å². The molecule has 21 heavy (non-hydrogen) atoms. The van der Waals surface area contributed by atoms with Gasteiger partial charge in [0.1, 0.15) is 0 Å². The van der Waals surface area contributed by atoms with Gasteiger partial charge in [-0.25, -0.2) is 0 Å². The molecule has 0 bridgehead atoms. The molecule has 116 valence electrons. The molecule has 2 aliphatic rings. The monoisotopic (exact) mass is 286 g/mol. The van der Waals surface area contributed by atoms with Crippen molar-refractivity contribution in [2.45, 2.75) is 58.0 Å². The summed E-state index contributed by atoms with van der Waals surface area (Å²) in [6, 6.07) is 9.74. The molecule has 1 aromatic rings. The maximum Gasteiger partial charge on any atom is 0.0234 e. The van der Waals surface area contributed by atoms with E-state index in [-0.39, 0.29) is 0 Å². The number of benzene rings is 1. The maximum atomic E-state index is 3.85. The lowest BCUT2D eigenvalue weighted by atomic mass is 10.0. The first kappa shape index (κ1) is 15.1. The second kappa shape index (κ2) is 7.42. The topological polar surface area (TPSA) is 15.3 Å². The molecule has 0 aromatic heterocycles. The van der Waals surface area contributed by atoms with Crippen molar-refractivity contribution in [1.82, 2.24) is 10.2 Å². The van der Waals surface area contributed by atoms with Gasteiger partial charge < -0.3 is 5.32 Å². The van der Waals surface area contributed by atoms with Crippen molar-refractivity contribution in [3.63, 3.8) is 0 Å². The van der Waals surface area contributed by atoms with Crippen LogP contribution >= 0.6 is 0 Å². The van der Waals surface area contributed by atoms with Crippen molar-refractivity contribution < 1.29 is 0 Å². The van der Waals surface area contributed by atoms with Crippen LogP contribution in [0.3, 0.4) is 0 Å². The van der Waals surface area contributed by atoms with Crippen molar-refractivity contribution in [3.05, 3.63) is 35.4 Å². The Hall–Kier alpha value is -0.860. The second-order valence-electron chi connectivity index (χ2n) is 7.12. The zero-order chi connectivity index (χ0) is 14.5. The van der Waals surface area contributed by atoms with E-state index in [0.717, 1.165) is 12.5 Å². The van der Waals surface area contributed by atoms with E-state index >= 15 is 0 Å². The number of aryl methyl sites for hydroxylation is 1. The van der Waals surface area contributed by atoms with E-state index < -0.39 is 0 Å². The highest BCUT2D eigenvalue weighted by atomic mass is 15.2. The largest absolute Gasteiger partial charge is 0.312 e. The van der Waals surface area contributed by atoms with E-state index in [1.54, 1.807) is 0 Å². The molecule has 1 aromatic carbocycles. The fourth-order valence-electron chi connectivity index (χ4n) is 3.87. The van der Waals surface area contributed by atoms with Gasteiger partial charge in [0, 0.05) is 19.1 Å². The molecule has 1 atom stereocenters. The summed E-state index contributed by atoms with van der Waals surface area (Å²) in [6.45, 7) is 7.01. The van der Waals surface area contributed by atoms with Crippen molar-refractivity contribution in [1.29, 1.82) is 0 Å². The molecule has 0 radical (unpaired) electrons. The van der Waals surface area contributed by atoms with Gasteiger partial charge in [-0.1, -0.05) is 42.7 Å². The van der Waals surface area contributed by atoms with Gasteiger partial charge in [0.05, 0.1) is 0 Å². The summed E-state index contributed by atoms with van der Waals surface area (Å²) in [5.74, 6) is 0.956. The van der Waals surface area contributed by atoms with Crippen LogP contribution in [-0.2, 0) is 6.54 Å². The summed E-state index contributed by atoms with van der Waals surface area (Å²) < 4.78 is 0. The van der Waals surface area contributed by atoms with E-state index in [9.17, 15) is 0 Å². The smallest absolute Gasteiger partial charge is 0.0234 e. The van der Waals surface area contributed by atoms with Crippen LogP contribution < -0.4 is 5.32 Å². The summed E-state index contributed by atoms with van der Waals surface area (Å²) in [4.78, 5) is 2.63. The third kappa shape index (κ3) is 4.55. The molecule has 2 heteroatoms. The third-order valence-electron chi connectivity index (χ3n) is 5.20. The van der Waals surface area contributed by atoms with E-state index in [4.69, 9.17) is 0 Å². The zero-order valence-electron chi connectivity index (χ0n) is 13.5. The van der Waals surface area contributed by atoms with Crippen LogP contribution in [0.4, 0.5) is 0 Å². The van der Waals surface area contributed by atoms with Gasteiger partial charge in [0.25, 0.3) is 0 Å². The molecule has 2 nitrogen and oxygen atoms in total. The Kier molecular flexibility index (Phi) is 5.32. The molecule has 1 saturated heterocycles. The molecule has 1 aliphatic heterocycles. The van der Waals surface area contributed by atoms with Gasteiger partial charge in [0.2, 0.25) is 0 Å². The summed E-state index contributed by atoms with van der Waals surface area (Å²) in [7, 11) is 0. The molecule has 2 fully saturated rings. The summed E-state index contributed by atoms with van der Waals surface area (Å²) in [6.07, 6.45) is 8.51. The SMILES string of the molecule is Cc1ccc(CN2CCCC(NCC3CCCC3)C2)cc1. The number of piperidine rings is 1. The Morgan fingerprint density at radius 1 is 1.05 bits per heavy atom. The molecular weight excluding hydrogens is 256 g/mol. The van der Waals surface area contributed by atoms with Crippen LogP contribution in [0.25, 0.3) is 0 Å². The van der Waals surface area contributed by atoms with Gasteiger partial charge in [-0.3, -0.25) is 4.90 Å². The zero-order valence-corrected chi connectivity index (χ0v) is 13.5. The van der Waals surface area contributed by atoms with Gasteiger partial charge >= 0.3 is 0 Å². The molecule has 1 heterocycles. The predicted octanol–water partition coefficient (Wildman–Crippen LogP) is 3.74. The van der Waals surface area contributed by atoms with Gasteiger partial charge in [-0.2, -0.15) is 0 Å². The van der Waals surface area contributed by atoms with Crippen LogP contribution in [-0.4, -0.2) is 30.6 Å². The standard InChI is InChI=1S/C19H30N2/c1-16-8-10-18(11-9-16)14-21-12-4-7-19(15-21)20-13-17-5-2-3-6-17/h8-11,17,19-20H,2-7,12-15H2,1H3. The van der Waals surface area contributed by atoms with Crippen LogP contribution in [0.5, 0.6) is 0 Å². The van der Waals surface area contributed by atoms with Gasteiger partial charge in [-0.05, 0) is 57.2 Å². The Morgan fingerprint density at radius 3 is 2.57 bits per heavy atom.